The number of hydrogen-bond donors (Lipinski definition) is 1. The van der Waals surface area contributed by atoms with Gasteiger partial charge in [-0.1, -0.05) is 0 Å². The van der Waals surface area contributed by atoms with Gasteiger partial charge in [-0.15, -0.1) is 0 Å². The molecule has 2 amide bonds. The van der Waals surface area contributed by atoms with Crippen LogP contribution in [0.25, 0.3) is 5.69 Å². The molecular weight excluding hydrogens is 398 g/mol. The standard InChI is InChI=1S/C23H29N3O5/c1-4-30-23(29)25-13-11-19(12-14-25)24-21(27)15-31-22(28)18-7-9-20(10-8-18)26-16(2)5-6-17(26)3/h5-10,19H,4,11-15H2,1-3H3,(H,24,27). The van der Waals surface area contributed by atoms with Crippen molar-refractivity contribution < 1.29 is 23.9 Å². The van der Waals surface area contributed by atoms with E-state index >= 15 is 0 Å². The van der Waals surface area contributed by atoms with Crippen molar-refractivity contribution in [3.05, 3.63) is 53.3 Å². The summed E-state index contributed by atoms with van der Waals surface area (Å²) in [4.78, 5) is 37.8. The fraction of sp³-hybridized carbons (Fsp3) is 0.435. The number of aryl methyl sites for hydroxylation is 2. The Morgan fingerprint density at radius 1 is 0.968 bits per heavy atom. The lowest BCUT2D eigenvalue weighted by molar-refractivity contribution is -0.125. The van der Waals surface area contributed by atoms with Gasteiger partial charge in [-0.2, -0.15) is 0 Å². The minimum absolute atomic E-state index is 0.0517. The second-order valence-electron chi connectivity index (χ2n) is 7.60. The SMILES string of the molecule is CCOC(=O)N1CCC(NC(=O)COC(=O)c2ccc(-n3c(C)ccc3C)cc2)CC1. The van der Waals surface area contributed by atoms with Gasteiger partial charge in [-0.05, 0) is 70.0 Å². The van der Waals surface area contributed by atoms with Gasteiger partial charge in [0.15, 0.2) is 6.61 Å². The number of ether oxygens (including phenoxy) is 2. The average molecular weight is 428 g/mol. The zero-order valence-electron chi connectivity index (χ0n) is 18.2. The molecule has 8 heteroatoms. The Morgan fingerprint density at radius 3 is 2.16 bits per heavy atom. The van der Waals surface area contributed by atoms with Crippen molar-refractivity contribution in [1.82, 2.24) is 14.8 Å². The van der Waals surface area contributed by atoms with E-state index in [1.165, 1.54) is 0 Å². The second-order valence-corrected chi connectivity index (χ2v) is 7.60. The van der Waals surface area contributed by atoms with E-state index in [4.69, 9.17) is 9.47 Å². The first-order valence-electron chi connectivity index (χ1n) is 10.5. The van der Waals surface area contributed by atoms with Crippen LogP contribution in [-0.4, -0.2) is 59.8 Å². The fourth-order valence-corrected chi connectivity index (χ4v) is 3.73. The summed E-state index contributed by atoms with van der Waals surface area (Å²) in [7, 11) is 0. The topological polar surface area (TPSA) is 89.9 Å². The van der Waals surface area contributed by atoms with Crippen LogP contribution in [0.15, 0.2) is 36.4 Å². The van der Waals surface area contributed by atoms with E-state index in [0.29, 0.717) is 38.1 Å². The quantitative estimate of drug-likeness (QED) is 0.716. The Hall–Kier alpha value is -3.29. The lowest BCUT2D eigenvalue weighted by Gasteiger charge is -2.31. The van der Waals surface area contributed by atoms with E-state index in [2.05, 4.69) is 9.88 Å². The van der Waals surface area contributed by atoms with Crippen LogP contribution in [0.1, 0.15) is 41.5 Å². The van der Waals surface area contributed by atoms with Crippen LogP contribution in [0, 0.1) is 13.8 Å². The molecule has 1 N–H and O–H groups in total. The summed E-state index contributed by atoms with van der Waals surface area (Å²) in [5.41, 5.74) is 3.57. The molecule has 0 unspecified atom stereocenters. The predicted molar refractivity (Wildman–Crippen MR) is 115 cm³/mol. The number of amides is 2. The van der Waals surface area contributed by atoms with Gasteiger partial charge in [0.25, 0.3) is 5.91 Å². The zero-order valence-corrected chi connectivity index (χ0v) is 18.2. The third-order valence-corrected chi connectivity index (χ3v) is 5.35. The van der Waals surface area contributed by atoms with E-state index in [-0.39, 0.29) is 24.6 Å². The van der Waals surface area contributed by atoms with Crippen LogP contribution in [0.2, 0.25) is 0 Å². The number of benzene rings is 1. The molecule has 2 aromatic rings. The van der Waals surface area contributed by atoms with Crippen LogP contribution in [0.4, 0.5) is 4.79 Å². The van der Waals surface area contributed by atoms with Crippen molar-refractivity contribution in [2.75, 3.05) is 26.3 Å². The van der Waals surface area contributed by atoms with E-state index in [1.807, 2.05) is 38.1 Å². The zero-order chi connectivity index (χ0) is 22.4. The third kappa shape index (κ3) is 5.65. The number of nitrogens with one attached hydrogen (secondary N) is 1. The maximum absolute atomic E-state index is 12.3. The minimum atomic E-state index is -0.542. The first-order valence-corrected chi connectivity index (χ1v) is 10.5. The Bertz CT molecular complexity index is 908. The number of aromatic nitrogens is 1. The van der Waals surface area contributed by atoms with Gasteiger partial charge >= 0.3 is 12.1 Å². The van der Waals surface area contributed by atoms with Gasteiger partial charge in [0.05, 0.1) is 12.2 Å². The van der Waals surface area contributed by atoms with Gasteiger partial charge in [-0.25, -0.2) is 9.59 Å². The van der Waals surface area contributed by atoms with Crippen LogP contribution in [0.5, 0.6) is 0 Å². The average Bonchev–Trinajstić information content (AvgIpc) is 3.11. The highest BCUT2D eigenvalue weighted by Crippen LogP contribution is 2.17. The monoisotopic (exact) mass is 427 g/mol. The van der Waals surface area contributed by atoms with Crippen molar-refractivity contribution in [3.8, 4) is 5.69 Å². The fourth-order valence-electron chi connectivity index (χ4n) is 3.73. The number of piperidine rings is 1. The summed E-state index contributed by atoms with van der Waals surface area (Å²) < 4.78 is 12.2. The molecule has 3 rings (SSSR count). The molecule has 0 aliphatic carbocycles. The van der Waals surface area contributed by atoms with Crippen LogP contribution < -0.4 is 5.32 Å². The van der Waals surface area contributed by atoms with Gasteiger partial charge in [0.2, 0.25) is 0 Å². The van der Waals surface area contributed by atoms with Crippen LogP contribution >= 0.6 is 0 Å². The first-order chi connectivity index (χ1) is 14.9. The summed E-state index contributed by atoms with van der Waals surface area (Å²) in [6.07, 6.45) is 0.949. The van der Waals surface area contributed by atoms with E-state index in [9.17, 15) is 14.4 Å². The molecule has 1 aliphatic rings. The molecule has 0 saturated carbocycles. The summed E-state index contributed by atoms with van der Waals surface area (Å²) in [6.45, 7) is 6.86. The molecule has 0 bridgehead atoms. The first kappa shape index (κ1) is 22.4. The van der Waals surface area contributed by atoms with Crippen molar-refractivity contribution in [2.45, 2.75) is 39.7 Å². The molecule has 0 spiro atoms. The molecule has 31 heavy (non-hydrogen) atoms. The van der Waals surface area contributed by atoms with E-state index in [1.54, 1.807) is 24.0 Å². The highest BCUT2D eigenvalue weighted by atomic mass is 16.6. The van der Waals surface area contributed by atoms with Crippen molar-refractivity contribution in [3.63, 3.8) is 0 Å². The summed E-state index contributed by atoms with van der Waals surface area (Å²) >= 11 is 0. The molecule has 2 heterocycles. The van der Waals surface area contributed by atoms with Crippen molar-refractivity contribution >= 4 is 18.0 Å². The molecule has 1 aromatic carbocycles. The number of nitrogens with zero attached hydrogens (tertiary/aromatic N) is 2. The molecule has 8 nitrogen and oxygen atoms in total. The summed E-state index contributed by atoms with van der Waals surface area (Å²) in [6, 6.07) is 11.1. The number of esters is 1. The maximum Gasteiger partial charge on any atom is 0.409 e. The number of carbonyl (C=O) groups is 3. The van der Waals surface area contributed by atoms with Gasteiger partial charge in [0, 0.05) is 36.2 Å². The Labute approximate surface area is 182 Å². The molecule has 1 saturated heterocycles. The Balaban J connectivity index is 1.44. The third-order valence-electron chi connectivity index (χ3n) is 5.35. The van der Waals surface area contributed by atoms with Gasteiger partial charge < -0.3 is 24.3 Å². The van der Waals surface area contributed by atoms with Gasteiger partial charge in [-0.3, -0.25) is 4.79 Å². The largest absolute Gasteiger partial charge is 0.452 e. The Kier molecular flexibility index (Phi) is 7.33. The van der Waals surface area contributed by atoms with Crippen molar-refractivity contribution in [2.24, 2.45) is 0 Å². The number of rotatable bonds is 6. The van der Waals surface area contributed by atoms with Crippen LogP contribution in [-0.2, 0) is 14.3 Å². The maximum atomic E-state index is 12.3. The molecule has 1 aliphatic heterocycles. The normalized spacial score (nSPS) is 14.2. The highest BCUT2D eigenvalue weighted by molar-refractivity contribution is 5.91. The van der Waals surface area contributed by atoms with Crippen molar-refractivity contribution in [1.29, 1.82) is 0 Å². The lowest BCUT2D eigenvalue weighted by atomic mass is 10.1. The molecule has 166 valence electrons. The second kappa shape index (κ2) is 10.1. The Morgan fingerprint density at radius 2 is 1.58 bits per heavy atom. The molecular formula is C23H29N3O5. The molecule has 1 fully saturated rings. The number of likely N-dealkylation sites (tertiary alicyclic amines) is 1. The van der Waals surface area contributed by atoms with Gasteiger partial charge in [0.1, 0.15) is 0 Å². The predicted octanol–water partition coefficient (Wildman–Crippen LogP) is 2.99. The summed E-state index contributed by atoms with van der Waals surface area (Å²) in [5.74, 6) is -0.891. The van der Waals surface area contributed by atoms with Crippen LogP contribution in [0.3, 0.4) is 0 Å². The minimum Gasteiger partial charge on any atom is -0.452 e. The number of carbonyl (C=O) groups excluding carboxylic acids is 3. The lowest BCUT2D eigenvalue weighted by Crippen LogP contribution is -2.47. The van der Waals surface area contributed by atoms with E-state index in [0.717, 1.165) is 17.1 Å². The molecule has 0 atom stereocenters. The number of hydrogen-bond acceptors (Lipinski definition) is 5. The molecule has 0 radical (unpaired) electrons. The molecule has 1 aromatic heterocycles. The smallest absolute Gasteiger partial charge is 0.409 e. The highest BCUT2D eigenvalue weighted by Gasteiger charge is 2.24. The van der Waals surface area contributed by atoms with E-state index < -0.39 is 5.97 Å². The summed E-state index contributed by atoms with van der Waals surface area (Å²) in [5, 5.41) is 2.86.